The highest BCUT2D eigenvalue weighted by molar-refractivity contribution is 6.07. The number of Topliss-reactive ketones (excluding diaryl/α,β-unsaturated/α-hetero) is 1. The third-order valence-electron chi connectivity index (χ3n) is 5.08. The largest absolute Gasteiger partial charge is 0.480 e. The Morgan fingerprint density at radius 1 is 0.852 bits per heavy atom. The van der Waals surface area contributed by atoms with E-state index in [1.807, 2.05) is 0 Å². The van der Waals surface area contributed by atoms with Crippen LogP contribution in [-0.4, -0.2) is 28.9 Å². The minimum atomic E-state index is -1.81. The third kappa shape index (κ3) is 12.7. The number of carbonyl (C=O) groups excluding carboxylic acids is 1. The van der Waals surface area contributed by atoms with Crippen LogP contribution in [0.3, 0.4) is 0 Å². The predicted octanol–water partition coefficient (Wildman–Crippen LogP) is 4.72. The van der Waals surface area contributed by atoms with Crippen LogP contribution >= 0.6 is 0 Å². The summed E-state index contributed by atoms with van der Waals surface area (Å²) in [6.45, 7) is 2.34. The Bertz CT molecular complexity index is 424. The highest BCUT2D eigenvalue weighted by Gasteiger charge is 2.40. The molecule has 0 bridgehead atoms. The van der Waals surface area contributed by atoms with E-state index in [-0.39, 0.29) is 19.4 Å². The number of unbranched alkanes of at least 4 members (excludes halogenated alkanes) is 11. The van der Waals surface area contributed by atoms with Crippen molar-refractivity contribution in [2.24, 2.45) is 11.5 Å². The van der Waals surface area contributed by atoms with E-state index < -0.39 is 17.3 Å². The second kappa shape index (κ2) is 16.9. The van der Waals surface area contributed by atoms with Crippen LogP contribution in [0.4, 0.5) is 0 Å². The average Bonchev–Trinajstić information content (AvgIpc) is 2.64. The summed E-state index contributed by atoms with van der Waals surface area (Å²) < 4.78 is 0. The molecule has 0 aromatic heterocycles. The second-order valence-corrected chi connectivity index (χ2v) is 7.57. The van der Waals surface area contributed by atoms with E-state index in [2.05, 4.69) is 19.1 Å². The summed E-state index contributed by atoms with van der Waals surface area (Å²) in [6, 6.07) is 0. The van der Waals surface area contributed by atoms with E-state index in [0.717, 1.165) is 25.7 Å². The van der Waals surface area contributed by atoms with Crippen LogP contribution in [0.15, 0.2) is 12.2 Å². The van der Waals surface area contributed by atoms with Crippen LogP contribution < -0.4 is 11.5 Å². The van der Waals surface area contributed by atoms with Gasteiger partial charge in [-0.25, -0.2) is 4.79 Å². The van der Waals surface area contributed by atoms with Gasteiger partial charge in [0.15, 0.2) is 11.3 Å². The minimum absolute atomic E-state index is 0.00770. The van der Waals surface area contributed by atoms with Crippen LogP contribution in [-0.2, 0) is 9.59 Å². The molecule has 5 N–H and O–H groups in total. The lowest BCUT2D eigenvalue weighted by molar-refractivity contribution is -0.148. The zero-order valence-electron chi connectivity index (χ0n) is 17.4. The smallest absolute Gasteiger partial charge is 0.331 e. The number of hydrogen-bond acceptors (Lipinski definition) is 4. The zero-order chi connectivity index (χ0) is 20.4. The Morgan fingerprint density at radius 3 is 1.81 bits per heavy atom. The van der Waals surface area contributed by atoms with E-state index in [0.29, 0.717) is 6.42 Å². The lowest BCUT2D eigenvalue weighted by atomic mass is 9.88. The molecule has 0 aliphatic heterocycles. The molecular weight excluding hydrogens is 340 g/mol. The average molecular weight is 383 g/mol. The van der Waals surface area contributed by atoms with Crippen LogP contribution in [0.2, 0.25) is 0 Å². The Hall–Kier alpha value is -1.20. The monoisotopic (exact) mass is 382 g/mol. The van der Waals surface area contributed by atoms with E-state index in [4.69, 9.17) is 16.6 Å². The van der Waals surface area contributed by atoms with Gasteiger partial charge in [-0.15, -0.1) is 0 Å². The predicted molar refractivity (Wildman–Crippen MR) is 113 cm³/mol. The van der Waals surface area contributed by atoms with E-state index in [1.54, 1.807) is 0 Å². The van der Waals surface area contributed by atoms with Gasteiger partial charge in [0.25, 0.3) is 0 Å². The molecule has 0 aromatic rings. The molecular formula is C22H42N2O3. The topological polar surface area (TPSA) is 106 Å². The molecule has 0 spiro atoms. The molecule has 0 aliphatic rings. The van der Waals surface area contributed by atoms with Crippen molar-refractivity contribution >= 4 is 11.8 Å². The highest BCUT2D eigenvalue weighted by Crippen LogP contribution is 2.15. The number of ketones is 1. The molecule has 0 amide bonds. The van der Waals surface area contributed by atoms with Crippen molar-refractivity contribution in [1.82, 2.24) is 0 Å². The molecule has 0 saturated heterocycles. The zero-order valence-corrected chi connectivity index (χ0v) is 17.4. The number of hydrogen-bond donors (Lipinski definition) is 3. The minimum Gasteiger partial charge on any atom is -0.480 e. The number of rotatable bonds is 19. The van der Waals surface area contributed by atoms with Gasteiger partial charge in [0.05, 0.1) is 0 Å². The number of allylic oxidation sites excluding steroid dienone is 2. The lowest BCUT2D eigenvalue weighted by Crippen LogP contribution is -2.56. The van der Waals surface area contributed by atoms with Gasteiger partial charge in [0.1, 0.15) is 0 Å². The van der Waals surface area contributed by atoms with Crippen molar-refractivity contribution in [2.75, 3.05) is 6.54 Å². The normalized spacial score (nSPS) is 13.7. The van der Waals surface area contributed by atoms with Gasteiger partial charge < -0.3 is 16.6 Å². The van der Waals surface area contributed by atoms with Gasteiger partial charge >= 0.3 is 5.97 Å². The van der Waals surface area contributed by atoms with Crippen molar-refractivity contribution in [3.05, 3.63) is 12.2 Å². The quantitative estimate of drug-likeness (QED) is 0.170. The first kappa shape index (κ1) is 25.8. The second-order valence-electron chi connectivity index (χ2n) is 7.57. The summed E-state index contributed by atoms with van der Waals surface area (Å²) in [5.41, 5.74) is 9.28. The number of nitrogens with two attached hydrogens (primary N) is 2. The van der Waals surface area contributed by atoms with Crippen LogP contribution in [0.1, 0.15) is 103 Å². The Morgan fingerprint density at radius 2 is 1.33 bits per heavy atom. The molecule has 5 nitrogen and oxygen atoms in total. The molecule has 0 aliphatic carbocycles. The fraction of sp³-hybridized carbons (Fsp3) is 0.818. The molecule has 1 unspecified atom stereocenters. The molecule has 27 heavy (non-hydrogen) atoms. The van der Waals surface area contributed by atoms with Gasteiger partial charge in [-0.2, -0.15) is 0 Å². The lowest BCUT2D eigenvalue weighted by Gasteiger charge is -2.22. The first-order valence-electron chi connectivity index (χ1n) is 10.9. The third-order valence-corrected chi connectivity index (χ3v) is 5.08. The van der Waals surface area contributed by atoms with Crippen molar-refractivity contribution in [2.45, 2.75) is 109 Å². The molecule has 0 fully saturated rings. The van der Waals surface area contributed by atoms with E-state index in [1.165, 1.54) is 51.4 Å². The van der Waals surface area contributed by atoms with Crippen LogP contribution in [0.25, 0.3) is 0 Å². The first-order chi connectivity index (χ1) is 13.0. The summed E-state index contributed by atoms with van der Waals surface area (Å²) in [7, 11) is 0. The van der Waals surface area contributed by atoms with Crippen molar-refractivity contribution in [1.29, 1.82) is 0 Å². The maximum absolute atomic E-state index is 12.1. The molecule has 1 atom stereocenters. The summed E-state index contributed by atoms with van der Waals surface area (Å²) in [5.74, 6) is -1.68. The maximum Gasteiger partial charge on any atom is 0.331 e. The summed E-state index contributed by atoms with van der Waals surface area (Å²) in [5, 5.41) is 9.15. The standard InChI is InChI=1S/C22H42N2O3/c1-2-3-4-5-6-7-8-9-10-11-12-13-14-15-16-17-20(25)22(24,18-19-23)21(26)27/h9-10H,2-8,11-19,23-24H2,1H3,(H,26,27)/b10-9-. The summed E-state index contributed by atoms with van der Waals surface area (Å²) in [6.07, 6.45) is 20.2. The van der Waals surface area contributed by atoms with E-state index in [9.17, 15) is 9.59 Å². The summed E-state index contributed by atoms with van der Waals surface area (Å²) in [4.78, 5) is 23.3. The van der Waals surface area contributed by atoms with Gasteiger partial charge in [-0.05, 0) is 45.1 Å². The highest BCUT2D eigenvalue weighted by atomic mass is 16.4. The molecule has 0 aromatic carbocycles. The number of carboxylic acids is 1. The Kier molecular flexibility index (Phi) is 16.2. The van der Waals surface area contributed by atoms with Crippen LogP contribution in [0, 0.1) is 0 Å². The van der Waals surface area contributed by atoms with Gasteiger partial charge in [0, 0.05) is 6.42 Å². The van der Waals surface area contributed by atoms with E-state index >= 15 is 0 Å². The fourth-order valence-electron chi connectivity index (χ4n) is 3.17. The van der Waals surface area contributed by atoms with Gasteiger partial charge in [-0.1, -0.05) is 70.4 Å². The number of carbonyl (C=O) groups is 2. The molecule has 0 radical (unpaired) electrons. The maximum atomic E-state index is 12.1. The molecule has 158 valence electrons. The SMILES string of the molecule is CCCCCCCC/C=C\CCCCCCCC(=O)C(N)(CCN)C(=O)O. The van der Waals surface area contributed by atoms with Crippen molar-refractivity contribution < 1.29 is 14.7 Å². The molecule has 5 heteroatoms. The molecule has 0 heterocycles. The van der Waals surface area contributed by atoms with Crippen LogP contribution in [0.5, 0.6) is 0 Å². The van der Waals surface area contributed by atoms with Crippen molar-refractivity contribution in [3.8, 4) is 0 Å². The number of carboxylic acid groups (broad SMARTS) is 1. The first-order valence-corrected chi connectivity index (χ1v) is 10.9. The van der Waals surface area contributed by atoms with Crippen molar-refractivity contribution in [3.63, 3.8) is 0 Å². The Labute approximate surface area is 166 Å². The molecule has 0 saturated carbocycles. The molecule has 0 rings (SSSR count). The van der Waals surface area contributed by atoms with Gasteiger partial charge in [-0.3, -0.25) is 4.79 Å². The fourth-order valence-corrected chi connectivity index (χ4v) is 3.17. The van der Waals surface area contributed by atoms with Gasteiger partial charge in [0.2, 0.25) is 0 Å². The summed E-state index contributed by atoms with van der Waals surface area (Å²) >= 11 is 0. The Balaban J connectivity index is 3.57. The number of aliphatic carboxylic acids is 1.